The first kappa shape index (κ1) is 11.5. The monoisotopic (exact) mass is 274 g/mol. The molecule has 0 unspecified atom stereocenters. The lowest BCUT2D eigenvalue weighted by atomic mass is 10.2. The smallest absolute Gasteiger partial charge is 0.184 e. The Bertz CT molecular complexity index is 645. The van der Waals surface area contributed by atoms with Crippen molar-refractivity contribution in [3.05, 3.63) is 59.1 Å². The lowest BCUT2D eigenvalue weighted by Gasteiger charge is -2.04. The van der Waals surface area contributed by atoms with Crippen LogP contribution in [0.1, 0.15) is 5.56 Å². The predicted molar refractivity (Wildman–Crippen MR) is 78.4 cm³/mol. The number of para-hydroxylation sites is 1. The summed E-state index contributed by atoms with van der Waals surface area (Å²) in [5.41, 5.74) is 2.11. The molecular formula is C14H11ClN2S. The number of nitrogens with zero attached hydrogens (tertiary/aromatic N) is 1. The highest BCUT2D eigenvalue weighted by atomic mass is 35.5. The molecule has 0 radical (unpaired) electrons. The van der Waals surface area contributed by atoms with Crippen molar-refractivity contribution in [1.82, 2.24) is 4.98 Å². The molecule has 0 amide bonds. The summed E-state index contributed by atoms with van der Waals surface area (Å²) in [6.07, 6.45) is 0. The minimum Gasteiger partial charge on any atom is -0.357 e. The Labute approximate surface area is 114 Å². The molecule has 0 aliphatic heterocycles. The van der Waals surface area contributed by atoms with Crippen molar-refractivity contribution in [3.8, 4) is 0 Å². The molecule has 1 N–H and O–H groups in total. The highest BCUT2D eigenvalue weighted by Gasteiger charge is 2.03. The summed E-state index contributed by atoms with van der Waals surface area (Å²) < 4.78 is 1.19. The Morgan fingerprint density at radius 3 is 2.67 bits per heavy atom. The van der Waals surface area contributed by atoms with Gasteiger partial charge in [-0.2, -0.15) is 0 Å². The van der Waals surface area contributed by atoms with Crippen molar-refractivity contribution in [3.63, 3.8) is 0 Å². The summed E-state index contributed by atoms with van der Waals surface area (Å²) in [5, 5.41) is 5.02. The molecule has 4 heteroatoms. The van der Waals surface area contributed by atoms with Crippen LogP contribution in [0.4, 0.5) is 5.13 Å². The van der Waals surface area contributed by atoms with Gasteiger partial charge in [-0.1, -0.05) is 53.3 Å². The minimum absolute atomic E-state index is 0.694. The van der Waals surface area contributed by atoms with Crippen LogP contribution in [0.3, 0.4) is 0 Å². The molecule has 3 rings (SSSR count). The van der Waals surface area contributed by atoms with Gasteiger partial charge in [-0.3, -0.25) is 0 Å². The maximum absolute atomic E-state index is 6.11. The van der Waals surface area contributed by atoms with Crippen LogP contribution in [0.25, 0.3) is 10.2 Å². The number of rotatable bonds is 3. The van der Waals surface area contributed by atoms with E-state index in [2.05, 4.69) is 16.4 Å². The minimum atomic E-state index is 0.694. The number of anilines is 1. The summed E-state index contributed by atoms with van der Waals surface area (Å²) in [6.45, 7) is 0.694. The molecule has 2 aromatic carbocycles. The lowest BCUT2D eigenvalue weighted by molar-refractivity contribution is 1.14. The van der Waals surface area contributed by atoms with Crippen molar-refractivity contribution in [1.29, 1.82) is 0 Å². The van der Waals surface area contributed by atoms with Crippen LogP contribution in [0.5, 0.6) is 0 Å². The number of hydrogen-bond acceptors (Lipinski definition) is 3. The van der Waals surface area contributed by atoms with Crippen LogP contribution in [-0.2, 0) is 6.54 Å². The van der Waals surface area contributed by atoms with Crippen molar-refractivity contribution < 1.29 is 0 Å². The van der Waals surface area contributed by atoms with E-state index in [1.807, 2.05) is 42.5 Å². The highest BCUT2D eigenvalue weighted by Crippen LogP contribution is 2.26. The fraction of sp³-hybridized carbons (Fsp3) is 0.0714. The number of benzene rings is 2. The average molecular weight is 275 g/mol. The summed E-state index contributed by atoms with van der Waals surface area (Å²) in [4.78, 5) is 4.52. The van der Waals surface area contributed by atoms with Gasteiger partial charge in [-0.25, -0.2) is 4.98 Å². The molecule has 1 aromatic heterocycles. The van der Waals surface area contributed by atoms with Crippen molar-refractivity contribution in [2.24, 2.45) is 0 Å². The van der Waals surface area contributed by atoms with Crippen LogP contribution in [0.2, 0.25) is 5.02 Å². The van der Waals surface area contributed by atoms with E-state index in [9.17, 15) is 0 Å². The maximum atomic E-state index is 6.11. The second-order valence-electron chi connectivity index (χ2n) is 3.93. The topological polar surface area (TPSA) is 24.9 Å². The van der Waals surface area contributed by atoms with Crippen LogP contribution >= 0.6 is 22.9 Å². The van der Waals surface area contributed by atoms with Crippen molar-refractivity contribution >= 4 is 38.3 Å². The fourth-order valence-electron chi connectivity index (χ4n) is 1.76. The van der Waals surface area contributed by atoms with Gasteiger partial charge < -0.3 is 5.32 Å². The van der Waals surface area contributed by atoms with E-state index in [0.29, 0.717) is 6.54 Å². The van der Waals surface area contributed by atoms with Crippen LogP contribution < -0.4 is 5.32 Å². The Kier molecular flexibility index (Phi) is 3.17. The molecule has 18 heavy (non-hydrogen) atoms. The van der Waals surface area contributed by atoms with E-state index in [0.717, 1.165) is 21.2 Å². The number of halogens is 1. The van der Waals surface area contributed by atoms with Gasteiger partial charge in [-0.05, 0) is 23.8 Å². The number of hydrogen-bond donors (Lipinski definition) is 1. The highest BCUT2D eigenvalue weighted by molar-refractivity contribution is 7.22. The van der Waals surface area contributed by atoms with Crippen molar-refractivity contribution in [2.45, 2.75) is 6.54 Å². The summed E-state index contributed by atoms with van der Waals surface area (Å²) in [5.74, 6) is 0. The van der Waals surface area contributed by atoms with Gasteiger partial charge in [0.2, 0.25) is 0 Å². The Morgan fingerprint density at radius 2 is 1.83 bits per heavy atom. The molecule has 0 saturated heterocycles. The molecule has 1 heterocycles. The van der Waals surface area contributed by atoms with Gasteiger partial charge >= 0.3 is 0 Å². The molecule has 0 atom stereocenters. The third kappa shape index (κ3) is 2.33. The quantitative estimate of drug-likeness (QED) is 0.757. The van der Waals surface area contributed by atoms with E-state index in [4.69, 9.17) is 11.6 Å². The SMILES string of the molecule is Clc1ccccc1CNc1nc2ccccc2s1. The van der Waals surface area contributed by atoms with Gasteiger partial charge in [0, 0.05) is 11.6 Å². The van der Waals surface area contributed by atoms with Gasteiger partial charge in [0.05, 0.1) is 10.2 Å². The molecule has 0 aliphatic carbocycles. The zero-order valence-electron chi connectivity index (χ0n) is 9.56. The maximum Gasteiger partial charge on any atom is 0.184 e. The van der Waals surface area contributed by atoms with E-state index >= 15 is 0 Å². The summed E-state index contributed by atoms with van der Waals surface area (Å²) in [6, 6.07) is 16.0. The van der Waals surface area contributed by atoms with Crippen molar-refractivity contribution in [2.75, 3.05) is 5.32 Å². The van der Waals surface area contributed by atoms with E-state index in [1.165, 1.54) is 4.70 Å². The first-order chi connectivity index (χ1) is 8.83. The molecule has 3 aromatic rings. The molecule has 0 saturated carbocycles. The van der Waals surface area contributed by atoms with E-state index in [1.54, 1.807) is 11.3 Å². The normalized spacial score (nSPS) is 10.7. The lowest BCUT2D eigenvalue weighted by Crippen LogP contribution is -1.99. The molecule has 0 fully saturated rings. The average Bonchev–Trinajstić information content (AvgIpc) is 2.80. The largest absolute Gasteiger partial charge is 0.357 e. The van der Waals surface area contributed by atoms with E-state index in [-0.39, 0.29) is 0 Å². The number of thiazole rings is 1. The second-order valence-corrected chi connectivity index (χ2v) is 5.37. The Morgan fingerprint density at radius 1 is 1.06 bits per heavy atom. The first-order valence-corrected chi connectivity index (χ1v) is 6.85. The molecule has 90 valence electrons. The van der Waals surface area contributed by atoms with E-state index < -0.39 is 0 Å². The first-order valence-electron chi connectivity index (χ1n) is 5.66. The van der Waals surface area contributed by atoms with Gasteiger partial charge in [-0.15, -0.1) is 0 Å². The fourth-order valence-corrected chi connectivity index (χ4v) is 2.82. The molecule has 2 nitrogen and oxygen atoms in total. The second kappa shape index (κ2) is 4.96. The molecule has 0 bridgehead atoms. The number of nitrogens with one attached hydrogen (secondary N) is 1. The molecule has 0 aliphatic rings. The van der Waals surface area contributed by atoms with Gasteiger partial charge in [0.1, 0.15) is 0 Å². The van der Waals surface area contributed by atoms with Crippen LogP contribution in [0, 0.1) is 0 Å². The number of fused-ring (bicyclic) bond motifs is 1. The molecule has 0 spiro atoms. The van der Waals surface area contributed by atoms with Gasteiger partial charge in [0.25, 0.3) is 0 Å². The Hall–Kier alpha value is -1.58. The van der Waals surface area contributed by atoms with Crippen LogP contribution in [-0.4, -0.2) is 4.98 Å². The summed E-state index contributed by atoms with van der Waals surface area (Å²) in [7, 11) is 0. The zero-order chi connectivity index (χ0) is 12.4. The van der Waals surface area contributed by atoms with Crippen LogP contribution in [0.15, 0.2) is 48.5 Å². The third-order valence-corrected chi connectivity index (χ3v) is 4.04. The predicted octanol–water partition coefficient (Wildman–Crippen LogP) is 4.56. The molecular weight excluding hydrogens is 264 g/mol. The number of aromatic nitrogens is 1. The zero-order valence-corrected chi connectivity index (χ0v) is 11.1. The van der Waals surface area contributed by atoms with Gasteiger partial charge in [0.15, 0.2) is 5.13 Å². The summed E-state index contributed by atoms with van der Waals surface area (Å²) >= 11 is 7.77. The Balaban J connectivity index is 1.79. The third-order valence-electron chi connectivity index (χ3n) is 2.68. The standard InChI is InChI=1S/C14H11ClN2S/c15-11-6-2-1-5-10(11)9-16-14-17-12-7-3-4-8-13(12)18-14/h1-8H,9H2,(H,16,17).